The van der Waals surface area contributed by atoms with Gasteiger partial charge in [0, 0.05) is 28.8 Å². The molecule has 0 saturated heterocycles. The van der Waals surface area contributed by atoms with Crippen molar-refractivity contribution in [3.05, 3.63) is 82.1 Å². The van der Waals surface area contributed by atoms with Gasteiger partial charge in [0.15, 0.2) is 5.82 Å². The molecule has 2 aromatic carbocycles. The fourth-order valence-electron chi connectivity index (χ4n) is 2.49. The molecule has 0 aliphatic carbocycles. The third-order valence-electron chi connectivity index (χ3n) is 3.87. The van der Waals surface area contributed by atoms with E-state index in [2.05, 4.69) is 15.8 Å². The summed E-state index contributed by atoms with van der Waals surface area (Å²) in [6.07, 6.45) is 0.689. The minimum atomic E-state index is -0.362. The Morgan fingerprint density at radius 2 is 1.74 bits per heavy atom. The van der Waals surface area contributed by atoms with Crippen LogP contribution in [-0.4, -0.2) is 23.5 Å². The van der Waals surface area contributed by atoms with Gasteiger partial charge >= 0.3 is 0 Å². The van der Waals surface area contributed by atoms with Gasteiger partial charge in [-0.25, -0.2) is 0 Å². The quantitative estimate of drug-likeness (QED) is 0.676. The Kier molecular flexibility index (Phi) is 5.88. The number of benzene rings is 2. The van der Waals surface area contributed by atoms with Gasteiger partial charge in [-0.15, -0.1) is 0 Å². The van der Waals surface area contributed by atoms with Gasteiger partial charge in [-0.05, 0) is 49.2 Å². The fraction of sp³-hybridized carbons (Fsp3) is 0.150. The molecule has 0 fully saturated rings. The van der Waals surface area contributed by atoms with Crippen molar-refractivity contribution in [3.8, 4) is 0 Å². The fourth-order valence-corrected chi connectivity index (χ4v) is 2.61. The van der Waals surface area contributed by atoms with Crippen molar-refractivity contribution in [1.82, 2.24) is 10.5 Å². The van der Waals surface area contributed by atoms with Crippen molar-refractivity contribution in [2.75, 3.05) is 11.9 Å². The second kappa shape index (κ2) is 8.51. The molecular formula is C20H18ClN3O3. The van der Waals surface area contributed by atoms with Crippen molar-refractivity contribution in [1.29, 1.82) is 0 Å². The van der Waals surface area contributed by atoms with Crippen LogP contribution in [0.15, 0.2) is 59.1 Å². The number of nitrogens with one attached hydrogen (secondary N) is 2. The number of rotatable bonds is 6. The molecule has 27 heavy (non-hydrogen) atoms. The lowest BCUT2D eigenvalue weighted by Gasteiger charge is -2.07. The molecule has 138 valence electrons. The Labute approximate surface area is 161 Å². The molecule has 3 rings (SSSR count). The molecule has 6 nitrogen and oxygen atoms in total. The highest BCUT2D eigenvalue weighted by molar-refractivity contribution is 6.30. The molecule has 0 radical (unpaired) electrons. The number of hydrogen-bond donors (Lipinski definition) is 2. The molecule has 0 atom stereocenters. The minimum Gasteiger partial charge on any atom is -0.360 e. The van der Waals surface area contributed by atoms with E-state index in [1.54, 1.807) is 37.3 Å². The Balaban J connectivity index is 1.57. The maximum Gasteiger partial charge on any atom is 0.256 e. The van der Waals surface area contributed by atoms with Crippen LogP contribution in [0.4, 0.5) is 5.82 Å². The third-order valence-corrected chi connectivity index (χ3v) is 4.12. The number of halogens is 1. The van der Waals surface area contributed by atoms with E-state index < -0.39 is 0 Å². The summed E-state index contributed by atoms with van der Waals surface area (Å²) in [4.78, 5) is 24.6. The van der Waals surface area contributed by atoms with Crippen LogP contribution in [0.1, 0.15) is 32.0 Å². The predicted octanol–water partition coefficient (Wildman–Crippen LogP) is 3.86. The van der Waals surface area contributed by atoms with Crippen molar-refractivity contribution in [2.45, 2.75) is 13.3 Å². The van der Waals surface area contributed by atoms with Crippen LogP contribution in [0.3, 0.4) is 0 Å². The molecule has 3 aromatic rings. The summed E-state index contributed by atoms with van der Waals surface area (Å²) in [5.74, 6) is 0.324. The molecule has 0 bridgehead atoms. The van der Waals surface area contributed by atoms with Gasteiger partial charge < -0.3 is 15.2 Å². The summed E-state index contributed by atoms with van der Waals surface area (Å²) in [5.41, 5.74) is 1.85. The molecule has 0 aliphatic heterocycles. The Hall–Kier alpha value is -3.12. The molecular weight excluding hydrogens is 366 g/mol. The summed E-state index contributed by atoms with van der Waals surface area (Å²) in [6.45, 7) is 2.22. The van der Waals surface area contributed by atoms with Crippen molar-refractivity contribution in [3.63, 3.8) is 0 Å². The van der Waals surface area contributed by atoms with E-state index in [0.29, 0.717) is 40.7 Å². The number of amides is 2. The van der Waals surface area contributed by atoms with Crippen LogP contribution in [0.5, 0.6) is 0 Å². The number of hydrogen-bond acceptors (Lipinski definition) is 4. The smallest absolute Gasteiger partial charge is 0.256 e. The maximum atomic E-state index is 12.3. The largest absolute Gasteiger partial charge is 0.360 e. The van der Waals surface area contributed by atoms with Crippen LogP contribution in [0.2, 0.25) is 5.02 Å². The first-order valence-corrected chi connectivity index (χ1v) is 8.76. The van der Waals surface area contributed by atoms with Crippen LogP contribution >= 0.6 is 11.6 Å². The first-order valence-electron chi connectivity index (χ1n) is 8.38. The number of nitrogens with zero attached hydrogens (tertiary/aromatic N) is 1. The molecule has 7 heteroatoms. The zero-order valence-electron chi connectivity index (χ0n) is 14.7. The van der Waals surface area contributed by atoms with Crippen LogP contribution in [0, 0.1) is 6.92 Å². The van der Waals surface area contributed by atoms with E-state index in [-0.39, 0.29) is 11.8 Å². The van der Waals surface area contributed by atoms with Crippen LogP contribution in [-0.2, 0) is 6.42 Å². The summed E-state index contributed by atoms with van der Waals surface area (Å²) in [7, 11) is 0. The highest BCUT2D eigenvalue weighted by Crippen LogP contribution is 2.12. The number of anilines is 1. The van der Waals surface area contributed by atoms with Gasteiger partial charge in [-0.2, -0.15) is 0 Å². The van der Waals surface area contributed by atoms with Gasteiger partial charge in [0.05, 0.1) is 0 Å². The Morgan fingerprint density at radius 1 is 1.04 bits per heavy atom. The molecule has 0 spiro atoms. The van der Waals surface area contributed by atoms with Crippen molar-refractivity contribution >= 4 is 29.2 Å². The van der Waals surface area contributed by atoms with Crippen LogP contribution in [0.25, 0.3) is 0 Å². The molecule has 1 aromatic heterocycles. The van der Waals surface area contributed by atoms with E-state index in [0.717, 1.165) is 5.56 Å². The summed E-state index contributed by atoms with van der Waals surface area (Å²) in [6, 6.07) is 15.6. The number of aryl methyl sites for hydroxylation is 1. The van der Waals surface area contributed by atoms with E-state index in [1.165, 1.54) is 0 Å². The molecule has 0 unspecified atom stereocenters. The molecule has 2 amide bonds. The zero-order valence-corrected chi connectivity index (χ0v) is 15.4. The Bertz CT molecular complexity index is 951. The topological polar surface area (TPSA) is 84.2 Å². The normalized spacial score (nSPS) is 10.4. The van der Waals surface area contributed by atoms with Gasteiger partial charge in [0.1, 0.15) is 5.76 Å². The van der Waals surface area contributed by atoms with Gasteiger partial charge in [0.25, 0.3) is 11.8 Å². The highest BCUT2D eigenvalue weighted by Gasteiger charge is 2.12. The predicted molar refractivity (Wildman–Crippen MR) is 103 cm³/mol. The van der Waals surface area contributed by atoms with Crippen molar-refractivity contribution in [2.24, 2.45) is 0 Å². The minimum absolute atomic E-state index is 0.240. The number of carbonyl (C=O) groups is 2. The molecule has 0 saturated carbocycles. The SMILES string of the molecule is Cc1cc(NC(=O)c2cccc(C(=O)NCCc3ccc(Cl)cc3)c2)no1. The van der Waals surface area contributed by atoms with Crippen LogP contribution < -0.4 is 10.6 Å². The highest BCUT2D eigenvalue weighted by atomic mass is 35.5. The van der Waals surface area contributed by atoms with E-state index in [1.807, 2.05) is 24.3 Å². The number of carbonyl (C=O) groups excluding carboxylic acids is 2. The summed E-state index contributed by atoms with van der Waals surface area (Å²) in [5, 5.41) is 9.88. The second-order valence-electron chi connectivity index (χ2n) is 5.99. The van der Waals surface area contributed by atoms with Gasteiger partial charge in [0.2, 0.25) is 0 Å². The maximum absolute atomic E-state index is 12.3. The molecule has 0 aliphatic rings. The standard InChI is InChI=1S/C20H18ClN3O3/c1-13-11-18(24-27-13)23-20(26)16-4-2-3-15(12-16)19(25)22-10-9-14-5-7-17(21)8-6-14/h2-8,11-12H,9-10H2,1H3,(H,22,25)(H,23,24,26). The third kappa shape index (κ3) is 5.18. The van der Waals surface area contributed by atoms with E-state index in [9.17, 15) is 9.59 Å². The lowest BCUT2D eigenvalue weighted by Crippen LogP contribution is -2.26. The van der Waals surface area contributed by atoms with E-state index in [4.69, 9.17) is 16.1 Å². The monoisotopic (exact) mass is 383 g/mol. The summed E-state index contributed by atoms with van der Waals surface area (Å²) < 4.78 is 4.91. The first kappa shape index (κ1) is 18.7. The lowest BCUT2D eigenvalue weighted by atomic mass is 10.1. The average molecular weight is 384 g/mol. The lowest BCUT2D eigenvalue weighted by molar-refractivity contribution is 0.0954. The molecule has 2 N–H and O–H groups in total. The average Bonchev–Trinajstić information content (AvgIpc) is 3.08. The first-order chi connectivity index (χ1) is 13.0. The summed E-state index contributed by atoms with van der Waals surface area (Å²) >= 11 is 5.86. The van der Waals surface area contributed by atoms with Crippen molar-refractivity contribution < 1.29 is 14.1 Å². The van der Waals surface area contributed by atoms with Gasteiger partial charge in [-0.1, -0.05) is 35.0 Å². The van der Waals surface area contributed by atoms with Gasteiger partial charge in [-0.3, -0.25) is 9.59 Å². The van der Waals surface area contributed by atoms with E-state index >= 15 is 0 Å². The molecule has 1 heterocycles. The number of aromatic nitrogens is 1. The Morgan fingerprint density at radius 3 is 2.41 bits per heavy atom. The second-order valence-corrected chi connectivity index (χ2v) is 6.43. The zero-order chi connectivity index (χ0) is 19.2.